The highest BCUT2D eigenvalue weighted by molar-refractivity contribution is 5.94. The van der Waals surface area contributed by atoms with Gasteiger partial charge in [0.05, 0.1) is 5.69 Å². The van der Waals surface area contributed by atoms with E-state index in [0.717, 1.165) is 36.4 Å². The topological polar surface area (TPSA) is 34.0 Å². The van der Waals surface area contributed by atoms with Gasteiger partial charge in [0.25, 0.3) is 5.91 Å². The minimum Gasteiger partial charge on any atom is -0.349 e. The van der Waals surface area contributed by atoms with Crippen molar-refractivity contribution in [1.29, 1.82) is 0 Å². The van der Waals surface area contributed by atoms with E-state index >= 15 is 0 Å². The second-order valence-electron chi connectivity index (χ2n) is 9.94. The number of nitrogens with one attached hydrogen (secondary N) is 1. The van der Waals surface area contributed by atoms with Crippen LogP contribution in [0.1, 0.15) is 67.6 Å². The zero-order valence-corrected chi connectivity index (χ0v) is 19.3. The van der Waals surface area contributed by atoms with Gasteiger partial charge in [-0.3, -0.25) is 4.79 Å². The van der Waals surface area contributed by atoms with Crippen LogP contribution in [0, 0.1) is 11.8 Å². The molecule has 1 heterocycles. The van der Waals surface area contributed by atoms with E-state index in [0.29, 0.717) is 12.0 Å². The molecule has 0 bridgehead atoms. The van der Waals surface area contributed by atoms with Crippen LogP contribution in [0.5, 0.6) is 0 Å². The number of benzene rings is 2. The molecule has 3 atom stereocenters. The molecule has 1 saturated carbocycles. The lowest BCUT2D eigenvalue weighted by Gasteiger charge is -2.29. The summed E-state index contributed by atoms with van der Waals surface area (Å²) in [7, 11) is 0. The number of fused-ring (bicyclic) bond motifs is 1. The molecule has 3 aromatic rings. The maximum Gasteiger partial charge on any atom is 0.251 e. The first-order valence-corrected chi connectivity index (χ1v) is 12.3. The summed E-state index contributed by atoms with van der Waals surface area (Å²) in [6.07, 6.45) is 8.28. The first-order chi connectivity index (χ1) is 15.6. The van der Waals surface area contributed by atoms with Gasteiger partial charge < -0.3 is 9.88 Å². The summed E-state index contributed by atoms with van der Waals surface area (Å²) in [6.45, 7) is 4.61. The average molecular weight is 427 g/mol. The molecule has 0 aliphatic heterocycles. The van der Waals surface area contributed by atoms with Gasteiger partial charge in [0.1, 0.15) is 0 Å². The molecule has 2 aromatic carbocycles. The van der Waals surface area contributed by atoms with E-state index in [4.69, 9.17) is 0 Å². The number of nitrogens with zero attached hydrogens (tertiary/aromatic N) is 1. The molecule has 2 aliphatic rings. The van der Waals surface area contributed by atoms with E-state index < -0.39 is 0 Å². The number of carbonyl (C=O) groups is 1. The van der Waals surface area contributed by atoms with E-state index in [1.807, 2.05) is 12.1 Å². The maximum absolute atomic E-state index is 12.9. The Labute approximate surface area is 191 Å². The van der Waals surface area contributed by atoms with Crippen molar-refractivity contribution in [2.75, 3.05) is 0 Å². The van der Waals surface area contributed by atoms with E-state index in [1.165, 1.54) is 48.2 Å². The third-order valence-corrected chi connectivity index (χ3v) is 7.52. The summed E-state index contributed by atoms with van der Waals surface area (Å²) >= 11 is 0. The van der Waals surface area contributed by atoms with Crippen LogP contribution in [-0.2, 0) is 12.8 Å². The van der Waals surface area contributed by atoms with Gasteiger partial charge in [-0.05, 0) is 85.4 Å². The molecule has 1 N–H and O–H groups in total. The van der Waals surface area contributed by atoms with Crippen LogP contribution in [0.25, 0.3) is 16.9 Å². The van der Waals surface area contributed by atoms with Gasteiger partial charge in [-0.1, -0.05) is 57.0 Å². The summed E-state index contributed by atoms with van der Waals surface area (Å²) in [6, 6.07) is 21.6. The van der Waals surface area contributed by atoms with Crippen LogP contribution < -0.4 is 5.32 Å². The lowest BCUT2D eigenvalue weighted by atomic mass is 9.86. The van der Waals surface area contributed by atoms with E-state index in [-0.39, 0.29) is 5.91 Å². The van der Waals surface area contributed by atoms with Crippen molar-refractivity contribution >= 4 is 5.91 Å². The molecule has 1 aromatic heterocycles. The molecule has 0 unspecified atom stereocenters. The van der Waals surface area contributed by atoms with Crippen molar-refractivity contribution in [2.24, 2.45) is 11.8 Å². The van der Waals surface area contributed by atoms with Gasteiger partial charge in [0.2, 0.25) is 0 Å². The minimum atomic E-state index is 0.0574. The van der Waals surface area contributed by atoms with Gasteiger partial charge in [0.15, 0.2) is 0 Å². The molecular formula is C29H34N2O. The SMILES string of the molecule is C[C@@H]1CCc2c(cc(-c3ccccc3)n2-c2ccc(C(=O)N[C@@H]3CCCC[C@H]3C)cc2)C1. The molecule has 0 radical (unpaired) electrons. The second-order valence-corrected chi connectivity index (χ2v) is 9.94. The first kappa shape index (κ1) is 21.1. The van der Waals surface area contributed by atoms with Crippen LogP contribution in [0.4, 0.5) is 0 Å². The number of amides is 1. The van der Waals surface area contributed by atoms with E-state index in [2.05, 4.69) is 72.3 Å². The molecule has 32 heavy (non-hydrogen) atoms. The van der Waals surface area contributed by atoms with Gasteiger partial charge in [0, 0.05) is 23.0 Å². The molecule has 2 aliphatic carbocycles. The average Bonchev–Trinajstić information content (AvgIpc) is 3.20. The van der Waals surface area contributed by atoms with Crippen molar-refractivity contribution in [3.05, 3.63) is 77.5 Å². The molecule has 0 saturated heterocycles. The Kier molecular flexibility index (Phi) is 5.91. The Hall–Kier alpha value is -2.81. The van der Waals surface area contributed by atoms with E-state index in [1.54, 1.807) is 0 Å². The highest BCUT2D eigenvalue weighted by atomic mass is 16.1. The zero-order valence-electron chi connectivity index (χ0n) is 19.3. The summed E-state index contributed by atoms with van der Waals surface area (Å²) in [5.74, 6) is 1.35. The summed E-state index contributed by atoms with van der Waals surface area (Å²) in [5, 5.41) is 3.29. The predicted octanol–water partition coefficient (Wildman–Crippen LogP) is 6.58. The monoisotopic (exact) mass is 426 g/mol. The van der Waals surface area contributed by atoms with Crippen LogP contribution >= 0.6 is 0 Å². The van der Waals surface area contributed by atoms with Crippen molar-refractivity contribution in [3.8, 4) is 16.9 Å². The Balaban J connectivity index is 1.45. The van der Waals surface area contributed by atoms with Crippen LogP contribution in [0.2, 0.25) is 0 Å². The van der Waals surface area contributed by atoms with Gasteiger partial charge in [-0.15, -0.1) is 0 Å². The molecule has 5 rings (SSSR count). The molecule has 3 nitrogen and oxygen atoms in total. The Bertz CT molecular complexity index is 1080. The van der Waals surface area contributed by atoms with Crippen LogP contribution in [0.15, 0.2) is 60.7 Å². The molecule has 3 heteroatoms. The Morgan fingerprint density at radius 3 is 2.44 bits per heavy atom. The van der Waals surface area contributed by atoms with Gasteiger partial charge in [-0.25, -0.2) is 0 Å². The number of hydrogen-bond donors (Lipinski definition) is 1. The fraction of sp³-hybridized carbons (Fsp3) is 0.414. The quantitative estimate of drug-likeness (QED) is 0.502. The van der Waals surface area contributed by atoms with E-state index in [9.17, 15) is 4.79 Å². The van der Waals surface area contributed by atoms with Gasteiger partial charge in [-0.2, -0.15) is 0 Å². The Morgan fingerprint density at radius 2 is 1.69 bits per heavy atom. The third kappa shape index (κ3) is 4.13. The van der Waals surface area contributed by atoms with Crippen molar-refractivity contribution in [3.63, 3.8) is 0 Å². The summed E-state index contributed by atoms with van der Waals surface area (Å²) in [4.78, 5) is 12.9. The third-order valence-electron chi connectivity index (χ3n) is 7.52. The standard InChI is InChI=1S/C29H34N2O/c1-20-12-17-27-24(18-20)19-28(22-9-4-3-5-10-22)31(27)25-15-13-23(14-16-25)29(32)30-26-11-7-6-8-21(26)2/h3-5,9-10,13-16,19-21,26H,6-8,11-12,17-18H2,1-2H3,(H,30,32)/t20-,21-,26-/m1/s1. The van der Waals surface area contributed by atoms with Gasteiger partial charge >= 0.3 is 0 Å². The zero-order chi connectivity index (χ0) is 22.1. The largest absolute Gasteiger partial charge is 0.349 e. The molecular weight excluding hydrogens is 392 g/mol. The second kappa shape index (κ2) is 8.97. The maximum atomic E-state index is 12.9. The predicted molar refractivity (Wildman–Crippen MR) is 131 cm³/mol. The van der Waals surface area contributed by atoms with Crippen molar-refractivity contribution in [2.45, 2.75) is 64.8 Å². The lowest BCUT2D eigenvalue weighted by molar-refractivity contribution is 0.0910. The summed E-state index contributed by atoms with van der Waals surface area (Å²) < 4.78 is 2.42. The smallest absolute Gasteiger partial charge is 0.251 e. The fourth-order valence-electron chi connectivity index (χ4n) is 5.57. The number of rotatable bonds is 4. The first-order valence-electron chi connectivity index (χ1n) is 12.3. The van der Waals surface area contributed by atoms with Crippen molar-refractivity contribution < 1.29 is 4.79 Å². The normalized spacial score (nSPS) is 22.9. The van der Waals surface area contributed by atoms with Crippen molar-refractivity contribution in [1.82, 2.24) is 9.88 Å². The minimum absolute atomic E-state index is 0.0574. The molecule has 1 amide bonds. The number of aromatic nitrogens is 1. The highest BCUT2D eigenvalue weighted by Crippen LogP contribution is 2.35. The number of carbonyl (C=O) groups excluding carboxylic acids is 1. The van der Waals surface area contributed by atoms with Crippen LogP contribution in [0.3, 0.4) is 0 Å². The highest BCUT2D eigenvalue weighted by Gasteiger charge is 2.25. The Morgan fingerprint density at radius 1 is 0.938 bits per heavy atom. The molecule has 0 spiro atoms. The fourth-order valence-corrected chi connectivity index (χ4v) is 5.57. The van der Waals surface area contributed by atoms with Crippen LogP contribution in [-0.4, -0.2) is 16.5 Å². The molecule has 166 valence electrons. The molecule has 1 fully saturated rings. The summed E-state index contributed by atoms with van der Waals surface area (Å²) in [5.41, 5.74) is 7.27. The lowest BCUT2D eigenvalue weighted by Crippen LogP contribution is -2.41. The number of hydrogen-bond acceptors (Lipinski definition) is 1.